The van der Waals surface area contributed by atoms with Gasteiger partial charge in [-0.2, -0.15) is 0 Å². The van der Waals surface area contributed by atoms with E-state index in [1.165, 1.54) is 6.07 Å². The van der Waals surface area contributed by atoms with E-state index in [1.807, 2.05) is 12.1 Å². The van der Waals surface area contributed by atoms with Crippen LogP contribution in [0.3, 0.4) is 0 Å². The van der Waals surface area contributed by atoms with Gasteiger partial charge in [0.25, 0.3) is 0 Å². The van der Waals surface area contributed by atoms with Gasteiger partial charge in [0, 0.05) is 24.6 Å². The van der Waals surface area contributed by atoms with Crippen molar-refractivity contribution < 1.29 is 4.39 Å². The summed E-state index contributed by atoms with van der Waals surface area (Å²) in [6.07, 6.45) is 2.64. The minimum absolute atomic E-state index is 0. The Labute approximate surface area is 164 Å². The molecule has 0 aliphatic rings. The van der Waals surface area contributed by atoms with Gasteiger partial charge < -0.3 is 15.5 Å². The zero-order chi connectivity index (χ0) is 16.4. The Morgan fingerprint density at radius 3 is 2.43 bits per heavy atom. The molecule has 0 amide bonds. The lowest BCUT2D eigenvalue weighted by Crippen LogP contribution is -2.39. The summed E-state index contributed by atoms with van der Waals surface area (Å²) >= 11 is 3.27. The number of hydrogen-bond donors (Lipinski definition) is 2. The van der Waals surface area contributed by atoms with Crippen LogP contribution in [-0.4, -0.2) is 51.6 Å². The van der Waals surface area contributed by atoms with Crippen molar-refractivity contribution in [2.24, 2.45) is 4.99 Å². The van der Waals surface area contributed by atoms with Crippen molar-refractivity contribution in [3.8, 4) is 0 Å². The van der Waals surface area contributed by atoms with Gasteiger partial charge in [-0.3, -0.25) is 4.99 Å². The first kappa shape index (κ1) is 22.6. The molecular weight excluding hydrogens is 474 g/mol. The first-order valence-electron chi connectivity index (χ1n) is 7.56. The molecule has 2 N–H and O–H groups in total. The summed E-state index contributed by atoms with van der Waals surface area (Å²) in [5, 5.41) is 6.53. The fourth-order valence-corrected chi connectivity index (χ4v) is 2.37. The van der Waals surface area contributed by atoms with Crippen molar-refractivity contribution in [2.45, 2.75) is 19.3 Å². The highest BCUT2D eigenvalue weighted by Gasteiger charge is 2.03. The van der Waals surface area contributed by atoms with Gasteiger partial charge in [-0.05, 0) is 57.6 Å². The second-order valence-corrected chi connectivity index (χ2v) is 6.34. The number of aliphatic imine (C=N–C) groups is 1. The molecule has 0 spiro atoms. The number of benzene rings is 1. The Morgan fingerprint density at radius 2 is 1.87 bits per heavy atom. The van der Waals surface area contributed by atoms with Crippen LogP contribution in [0.4, 0.5) is 4.39 Å². The minimum Gasteiger partial charge on any atom is -0.356 e. The number of hydrogen-bond acceptors (Lipinski definition) is 2. The van der Waals surface area contributed by atoms with Crippen molar-refractivity contribution in [1.29, 1.82) is 0 Å². The van der Waals surface area contributed by atoms with Crippen LogP contribution in [0.25, 0.3) is 0 Å². The molecule has 0 bridgehead atoms. The van der Waals surface area contributed by atoms with Gasteiger partial charge in [0.15, 0.2) is 5.96 Å². The summed E-state index contributed by atoms with van der Waals surface area (Å²) in [6.45, 7) is 2.70. The van der Waals surface area contributed by atoms with Crippen molar-refractivity contribution in [2.75, 3.05) is 40.8 Å². The Morgan fingerprint density at radius 1 is 1.22 bits per heavy atom. The third-order valence-electron chi connectivity index (χ3n) is 3.23. The fourth-order valence-electron chi connectivity index (χ4n) is 2.03. The second-order valence-electron chi connectivity index (χ2n) is 5.42. The van der Waals surface area contributed by atoms with Crippen LogP contribution < -0.4 is 10.6 Å². The van der Waals surface area contributed by atoms with E-state index in [-0.39, 0.29) is 29.8 Å². The highest BCUT2D eigenvalue weighted by atomic mass is 127. The lowest BCUT2D eigenvalue weighted by Gasteiger charge is -2.13. The molecular formula is C16H27BrFIN4. The van der Waals surface area contributed by atoms with Gasteiger partial charge >= 0.3 is 0 Å². The molecule has 0 atom stereocenters. The van der Waals surface area contributed by atoms with Gasteiger partial charge in [-0.1, -0.05) is 22.0 Å². The van der Waals surface area contributed by atoms with Crippen LogP contribution in [0.15, 0.2) is 27.7 Å². The molecule has 0 saturated carbocycles. The molecule has 0 aliphatic heterocycles. The predicted molar refractivity (Wildman–Crippen MR) is 110 cm³/mol. The van der Waals surface area contributed by atoms with Gasteiger partial charge in [-0.25, -0.2) is 4.39 Å². The first-order valence-corrected chi connectivity index (χ1v) is 8.35. The molecule has 0 saturated heterocycles. The molecule has 23 heavy (non-hydrogen) atoms. The van der Waals surface area contributed by atoms with E-state index >= 15 is 0 Å². The third kappa shape index (κ3) is 10.1. The number of rotatable bonds is 8. The van der Waals surface area contributed by atoms with Crippen LogP contribution in [0.1, 0.15) is 18.4 Å². The summed E-state index contributed by atoms with van der Waals surface area (Å²) < 4.78 is 14.5. The lowest BCUT2D eigenvalue weighted by molar-refractivity contribution is 0.399. The maximum absolute atomic E-state index is 13.7. The van der Waals surface area contributed by atoms with E-state index in [0.717, 1.165) is 48.5 Å². The molecule has 0 aromatic heterocycles. The van der Waals surface area contributed by atoms with Crippen LogP contribution >= 0.6 is 39.9 Å². The van der Waals surface area contributed by atoms with E-state index in [1.54, 1.807) is 7.05 Å². The molecule has 132 valence electrons. The first-order chi connectivity index (χ1) is 10.5. The smallest absolute Gasteiger partial charge is 0.190 e. The topological polar surface area (TPSA) is 39.7 Å². The highest BCUT2D eigenvalue weighted by Crippen LogP contribution is 2.16. The number of nitrogens with one attached hydrogen (secondary N) is 2. The normalized spacial score (nSPS) is 11.3. The van der Waals surface area contributed by atoms with Crippen LogP contribution in [0.2, 0.25) is 0 Å². The van der Waals surface area contributed by atoms with Crippen molar-refractivity contribution >= 4 is 45.9 Å². The molecule has 0 unspecified atom stereocenters. The Hall–Kier alpha value is -0.410. The zero-order valence-electron chi connectivity index (χ0n) is 14.0. The second kappa shape index (κ2) is 12.9. The highest BCUT2D eigenvalue weighted by molar-refractivity contribution is 14.0. The molecule has 1 aromatic rings. The van der Waals surface area contributed by atoms with Crippen LogP contribution in [0.5, 0.6) is 0 Å². The average molecular weight is 501 g/mol. The third-order valence-corrected chi connectivity index (χ3v) is 3.72. The number of nitrogens with zero attached hydrogens (tertiary/aromatic N) is 2. The van der Waals surface area contributed by atoms with E-state index in [9.17, 15) is 4.39 Å². The SMILES string of the molecule is CN=C(NCCCc1ccc(Br)cc1F)NCCCN(C)C.I. The number of aryl methyl sites for hydroxylation is 1. The van der Waals surface area contributed by atoms with E-state index in [2.05, 4.69) is 50.6 Å². The molecule has 4 nitrogen and oxygen atoms in total. The predicted octanol–water partition coefficient (Wildman–Crippen LogP) is 3.26. The maximum atomic E-state index is 13.7. The molecule has 1 aromatic carbocycles. The number of guanidine groups is 1. The summed E-state index contributed by atoms with van der Waals surface area (Å²) in [5.41, 5.74) is 0.749. The Balaban J connectivity index is 0.00000484. The van der Waals surface area contributed by atoms with Crippen molar-refractivity contribution in [3.63, 3.8) is 0 Å². The molecule has 0 aliphatic carbocycles. The van der Waals surface area contributed by atoms with Gasteiger partial charge in [0.05, 0.1) is 0 Å². The van der Waals surface area contributed by atoms with E-state index in [4.69, 9.17) is 0 Å². The summed E-state index contributed by atoms with van der Waals surface area (Å²) in [7, 11) is 5.89. The fraction of sp³-hybridized carbons (Fsp3) is 0.562. The monoisotopic (exact) mass is 500 g/mol. The summed E-state index contributed by atoms with van der Waals surface area (Å²) in [5.74, 6) is 0.649. The minimum atomic E-state index is -0.152. The molecule has 0 heterocycles. The van der Waals surface area contributed by atoms with Crippen molar-refractivity contribution in [1.82, 2.24) is 15.5 Å². The quantitative estimate of drug-likeness (QED) is 0.249. The Kier molecular flexibility index (Phi) is 12.7. The van der Waals surface area contributed by atoms with Gasteiger partial charge in [0.1, 0.15) is 5.82 Å². The van der Waals surface area contributed by atoms with Gasteiger partial charge in [0.2, 0.25) is 0 Å². The molecule has 0 fully saturated rings. The lowest BCUT2D eigenvalue weighted by atomic mass is 10.1. The van der Waals surface area contributed by atoms with Crippen LogP contribution in [0, 0.1) is 5.82 Å². The zero-order valence-corrected chi connectivity index (χ0v) is 17.9. The molecule has 1 rings (SSSR count). The van der Waals surface area contributed by atoms with Gasteiger partial charge in [-0.15, -0.1) is 24.0 Å². The average Bonchev–Trinajstić information content (AvgIpc) is 2.47. The summed E-state index contributed by atoms with van der Waals surface area (Å²) in [6, 6.07) is 5.21. The largest absolute Gasteiger partial charge is 0.356 e. The van der Waals surface area contributed by atoms with E-state index in [0.29, 0.717) is 6.42 Å². The molecule has 7 heteroatoms. The summed E-state index contributed by atoms with van der Waals surface area (Å²) in [4.78, 5) is 6.34. The van der Waals surface area contributed by atoms with Crippen molar-refractivity contribution in [3.05, 3.63) is 34.1 Å². The van der Waals surface area contributed by atoms with E-state index < -0.39 is 0 Å². The Bertz CT molecular complexity index is 483. The number of halogens is 3. The maximum Gasteiger partial charge on any atom is 0.190 e. The molecule has 0 radical (unpaired) electrons. The van der Waals surface area contributed by atoms with Crippen LogP contribution in [-0.2, 0) is 6.42 Å². The standard InChI is InChI=1S/C16H26BrFN4.HI/c1-19-16(21-10-5-11-22(2)3)20-9-4-6-13-7-8-14(17)12-15(13)18;/h7-8,12H,4-6,9-11H2,1-3H3,(H2,19,20,21);1H.